The molecule has 1 saturated carbocycles. The van der Waals surface area contributed by atoms with E-state index in [4.69, 9.17) is 0 Å². The van der Waals surface area contributed by atoms with Gasteiger partial charge in [-0.05, 0) is 42.7 Å². The Balaban J connectivity index is 1.57. The van der Waals surface area contributed by atoms with Gasteiger partial charge >= 0.3 is 0 Å². The number of benzene rings is 1. The average Bonchev–Trinajstić information content (AvgIpc) is 2.57. The minimum Gasteiger partial charge on any atom is -0.383 e. The van der Waals surface area contributed by atoms with Crippen LogP contribution in [0.5, 0.6) is 0 Å². The molecule has 2 aromatic rings. The van der Waals surface area contributed by atoms with Crippen LogP contribution in [0.25, 0.3) is 0 Å². The number of aliphatic hydroxyl groups is 1. The van der Waals surface area contributed by atoms with E-state index >= 15 is 0 Å². The second-order valence-electron chi connectivity index (χ2n) is 7.19. The maximum atomic E-state index is 13.4. The maximum absolute atomic E-state index is 13.4. The van der Waals surface area contributed by atoms with Gasteiger partial charge in [0.1, 0.15) is 11.4 Å². The lowest BCUT2D eigenvalue weighted by Gasteiger charge is -2.52. The molecule has 3 nitrogen and oxygen atoms in total. The van der Waals surface area contributed by atoms with Gasteiger partial charge in [-0.2, -0.15) is 0 Å². The summed E-state index contributed by atoms with van der Waals surface area (Å²) >= 11 is 0. The fraction of sp³-hybridized carbons (Fsp3) is 0.450. The predicted molar refractivity (Wildman–Crippen MR) is 90.6 cm³/mol. The predicted octanol–water partition coefficient (Wildman–Crippen LogP) is 3.34. The lowest BCUT2D eigenvalue weighted by atomic mass is 9.64. The molecule has 2 aliphatic rings. The summed E-state index contributed by atoms with van der Waals surface area (Å²) in [4.78, 5) is 6.82. The smallest absolute Gasteiger partial charge is 0.123 e. The molecule has 4 heteroatoms. The zero-order chi connectivity index (χ0) is 16.6. The van der Waals surface area contributed by atoms with Gasteiger partial charge in [0.05, 0.1) is 5.69 Å². The fourth-order valence-electron chi connectivity index (χ4n) is 4.58. The normalized spacial score (nSPS) is 30.2. The highest BCUT2D eigenvalue weighted by Crippen LogP contribution is 2.48. The maximum Gasteiger partial charge on any atom is 0.123 e. The van der Waals surface area contributed by atoms with E-state index in [0.717, 1.165) is 50.2 Å². The second-order valence-corrected chi connectivity index (χ2v) is 7.19. The molecule has 24 heavy (non-hydrogen) atoms. The first-order valence-electron chi connectivity index (χ1n) is 8.77. The first kappa shape index (κ1) is 15.7. The van der Waals surface area contributed by atoms with Crippen LogP contribution < -0.4 is 0 Å². The van der Waals surface area contributed by atoms with E-state index < -0.39 is 5.60 Å². The van der Waals surface area contributed by atoms with Crippen molar-refractivity contribution in [2.24, 2.45) is 11.8 Å². The van der Waals surface area contributed by atoms with Crippen LogP contribution in [-0.4, -0.2) is 28.1 Å². The van der Waals surface area contributed by atoms with Crippen molar-refractivity contribution in [3.8, 4) is 0 Å². The molecule has 2 fully saturated rings. The van der Waals surface area contributed by atoms with Crippen molar-refractivity contribution in [1.29, 1.82) is 0 Å². The van der Waals surface area contributed by atoms with Crippen molar-refractivity contribution in [3.05, 3.63) is 65.7 Å². The lowest BCUT2D eigenvalue weighted by Crippen LogP contribution is -2.58. The summed E-state index contributed by atoms with van der Waals surface area (Å²) in [5, 5.41) is 11.5. The third-order valence-corrected chi connectivity index (χ3v) is 5.68. The molecular formula is C20H23FN2O. The Morgan fingerprint density at radius 3 is 2.58 bits per heavy atom. The third kappa shape index (κ3) is 2.74. The third-order valence-electron chi connectivity index (χ3n) is 5.68. The van der Waals surface area contributed by atoms with Gasteiger partial charge in [-0.25, -0.2) is 4.39 Å². The van der Waals surface area contributed by atoms with E-state index in [1.54, 1.807) is 18.3 Å². The average molecular weight is 326 g/mol. The number of halogens is 1. The molecule has 1 aliphatic carbocycles. The van der Waals surface area contributed by atoms with Gasteiger partial charge in [0.25, 0.3) is 0 Å². The first-order chi connectivity index (χ1) is 11.7. The summed E-state index contributed by atoms with van der Waals surface area (Å²) in [7, 11) is 0. The number of hydrogen-bond acceptors (Lipinski definition) is 3. The molecule has 1 aromatic heterocycles. The van der Waals surface area contributed by atoms with Crippen LogP contribution >= 0.6 is 0 Å². The van der Waals surface area contributed by atoms with E-state index in [1.165, 1.54) is 6.07 Å². The quantitative estimate of drug-likeness (QED) is 0.940. The molecule has 1 aromatic carbocycles. The van der Waals surface area contributed by atoms with Gasteiger partial charge in [-0.3, -0.25) is 9.88 Å². The van der Waals surface area contributed by atoms with Gasteiger partial charge < -0.3 is 5.11 Å². The Morgan fingerprint density at radius 2 is 1.92 bits per heavy atom. The van der Waals surface area contributed by atoms with E-state index in [1.807, 2.05) is 24.3 Å². The van der Waals surface area contributed by atoms with Gasteiger partial charge in [0, 0.05) is 37.7 Å². The molecular weight excluding hydrogens is 303 g/mol. The molecule has 0 spiro atoms. The molecule has 1 aliphatic heterocycles. The highest BCUT2D eigenvalue weighted by atomic mass is 19.1. The van der Waals surface area contributed by atoms with Crippen LogP contribution in [0, 0.1) is 17.7 Å². The zero-order valence-corrected chi connectivity index (χ0v) is 13.7. The Kier molecular flexibility index (Phi) is 4.10. The van der Waals surface area contributed by atoms with Crippen molar-refractivity contribution < 1.29 is 9.50 Å². The molecule has 2 bridgehead atoms. The van der Waals surface area contributed by atoms with Gasteiger partial charge in [0.2, 0.25) is 0 Å². The molecule has 1 N–H and O–H groups in total. The van der Waals surface area contributed by atoms with Crippen LogP contribution in [0.2, 0.25) is 0 Å². The molecule has 2 atom stereocenters. The number of fused-ring (bicyclic) bond motifs is 2. The van der Waals surface area contributed by atoms with Crippen LogP contribution in [0.3, 0.4) is 0 Å². The van der Waals surface area contributed by atoms with Crippen molar-refractivity contribution >= 4 is 0 Å². The van der Waals surface area contributed by atoms with Gasteiger partial charge in [-0.15, -0.1) is 0 Å². The minimum absolute atomic E-state index is 0.185. The summed E-state index contributed by atoms with van der Waals surface area (Å²) in [5.41, 5.74) is 0.985. The highest BCUT2D eigenvalue weighted by Gasteiger charge is 2.52. The highest BCUT2D eigenvalue weighted by molar-refractivity contribution is 5.21. The first-order valence-corrected chi connectivity index (χ1v) is 8.77. The van der Waals surface area contributed by atoms with E-state index in [2.05, 4.69) is 9.88 Å². The second kappa shape index (κ2) is 6.26. The molecule has 4 rings (SSSR count). The molecule has 2 heterocycles. The topological polar surface area (TPSA) is 36.4 Å². The van der Waals surface area contributed by atoms with E-state index in [9.17, 15) is 9.50 Å². The van der Waals surface area contributed by atoms with Crippen molar-refractivity contribution in [3.63, 3.8) is 0 Å². The van der Waals surface area contributed by atoms with E-state index in [0.29, 0.717) is 0 Å². The molecule has 126 valence electrons. The number of likely N-dealkylation sites (tertiary alicyclic amines) is 1. The van der Waals surface area contributed by atoms with Gasteiger partial charge in [0.15, 0.2) is 0 Å². The van der Waals surface area contributed by atoms with Crippen LogP contribution in [-0.2, 0) is 12.1 Å². The Hall–Kier alpha value is -1.78. The summed E-state index contributed by atoms with van der Waals surface area (Å²) < 4.78 is 13.4. The SMILES string of the molecule is OC1(c2ccccn2)[C@@H]2CCC[C@@H]1CN(Cc1cccc(F)c1)C2. The van der Waals surface area contributed by atoms with Gasteiger partial charge in [-0.1, -0.05) is 24.6 Å². The summed E-state index contributed by atoms with van der Waals surface area (Å²) in [6, 6.07) is 12.6. The van der Waals surface area contributed by atoms with Crippen molar-refractivity contribution in [2.75, 3.05) is 13.1 Å². The molecule has 0 unspecified atom stereocenters. The van der Waals surface area contributed by atoms with E-state index in [-0.39, 0.29) is 17.7 Å². The number of rotatable bonds is 3. The monoisotopic (exact) mass is 326 g/mol. The lowest BCUT2D eigenvalue weighted by molar-refractivity contribution is -0.151. The largest absolute Gasteiger partial charge is 0.383 e. The Bertz CT molecular complexity index is 692. The standard InChI is InChI=1S/C20H23FN2O/c21-18-8-3-5-15(11-18)12-23-13-16-6-4-7-17(14-23)20(16,24)19-9-1-2-10-22-19/h1-3,5,8-11,16-17,24H,4,6-7,12-14H2/t16-,17-/m1/s1. The summed E-state index contributed by atoms with van der Waals surface area (Å²) in [5.74, 6) is 0.191. The summed E-state index contributed by atoms with van der Waals surface area (Å²) in [6.45, 7) is 2.41. The van der Waals surface area contributed by atoms with Crippen molar-refractivity contribution in [2.45, 2.75) is 31.4 Å². The van der Waals surface area contributed by atoms with Crippen LogP contribution in [0.4, 0.5) is 4.39 Å². The number of hydrogen-bond donors (Lipinski definition) is 1. The number of aromatic nitrogens is 1. The summed E-state index contributed by atoms with van der Waals surface area (Å²) in [6.07, 6.45) is 4.97. The number of nitrogens with zero attached hydrogens (tertiary/aromatic N) is 2. The number of piperidine rings is 1. The van der Waals surface area contributed by atoms with Crippen molar-refractivity contribution in [1.82, 2.24) is 9.88 Å². The molecule has 1 saturated heterocycles. The van der Waals surface area contributed by atoms with Crippen LogP contribution in [0.1, 0.15) is 30.5 Å². The zero-order valence-electron chi connectivity index (χ0n) is 13.7. The molecule has 0 radical (unpaired) electrons. The fourth-order valence-corrected chi connectivity index (χ4v) is 4.58. The molecule has 0 amide bonds. The number of pyridine rings is 1. The minimum atomic E-state index is -0.821. The van der Waals surface area contributed by atoms with Crippen LogP contribution in [0.15, 0.2) is 48.7 Å². The Morgan fingerprint density at radius 1 is 1.12 bits per heavy atom. The Labute approximate surface area is 142 Å².